The fourth-order valence-electron chi connectivity index (χ4n) is 2.85. The van der Waals surface area contributed by atoms with Gasteiger partial charge in [0.2, 0.25) is 15.9 Å². The van der Waals surface area contributed by atoms with Gasteiger partial charge in [0.1, 0.15) is 6.04 Å². The first-order valence-corrected chi connectivity index (χ1v) is 11.4. The van der Waals surface area contributed by atoms with Gasteiger partial charge in [-0.1, -0.05) is 71.7 Å². The number of nitrogens with one attached hydrogen (secondary N) is 2. The van der Waals surface area contributed by atoms with Crippen LogP contribution in [0.15, 0.2) is 83.8 Å². The molecule has 8 heteroatoms. The molecule has 3 aromatic carbocycles. The molecule has 156 valence electrons. The largest absolute Gasteiger partial charge is 0.351 e. The Hall–Kier alpha value is -2.38. The van der Waals surface area contributed by atoms with Crippen LogP contribution in [0.4, 0.5) is 0 Å². The highest BCUT2D eigenvalue weighted by Crippen LogP contribution is 2.16. The van der Waals surface area contributed by atoms with E-state index in [-0.39, 0.29) is 17.9 Å². The highest BCUT2D eigenvalue weighted by Gasteiger charge is 2.26. The monoisotopic (exact) mass is 462 g/mol. The lowest BCUT2D eigenvalue weighted by molar-refractivity contribution is -0.122. The summed E-state index contributed by atoms with van der Waals surface area (Å²) in [5, 5.41) is 3.72. The molecule has 3 rings (SSSR count). The van der Waals surface area contributed by atoms with Gasteiger partial charge in [-0.3, -0.25) is 4.79 Å². The molecule has 0 aliphatic heterocycles. The Kier molecular flexibility index (Phi) is 7.50. The second-order valence-corrected chi connectivity index (χ2v) is 9.18. The van der Waals surface area contributed by atoms with Gasteiger partial charge in [0, 0.05) is 16.6 Å². The molecule has 0 bridgehead atoms. The number of amides is 1. The maximum atomic E-state index is 12.9. The SMILES string of the molecule is O=C(NCc1ccccc1Cl)[C@@H](Cc1ccccc1)NS(=O)(=O)c1ccc(Cl)cc1. The Bertz CT molecular complexity index is 1100. The molecule has 3 aromatic rings. The molecular formula is C22H20Cl2N2O3S. The van der Waals surface area contributed by atoms with E-state index in [1.165, 1.54) is 24.3 Å². The maximum Gasteiger partial charge on any atom is 0.241 e. The van der Waals surface area contributed by atoms with Gasteiger partial charge < -0.3 is 5.32 Å². The van der Waals surface area contributed by atoms with E-state index >= 15 is 0 Å². The van der Waals surface area contributed by atoms with E-state index in [0.717, 1.165) is 11.1 Å². The van der Waals surface area contributed by atoms with E-state index in [4.69, 9.17) is 23.2 Å². The normalized spacial score (nSPS) is 12.3. The van der Waals surface area contributed by atoms with Gasteiger partial charge in [-0.15, -0.1) is 0 Å². The summed E-state index contributed by atoms with van der Waals surface area (Å²) >= 11 is 12.0. The maximum absolute atomic E-state index is 12.9. The fraction of sp³-hybridized carbons (Fsp3) is 0.136. The lowest BCUT2D eigenvalue weighted by Crippen LogP contribution is -2.47. The lowest BCUT2D eigenvalue weighted by atomic mass is 10.1. The zero-order chi connectivity index (χ0) is 21.6. The van der Waals surface area contributed by atoms with E-state index in [0.29, 0.717) is 10.0 Å². The van der Waals surface area contributed by atoms with Crippen molar-refractivity contribution in [1.82, 2.24) is 10.0 Å². The fourth-order valence-corrected chi connectivity index (χ4v) is 4.38. The molecule has 0 aliphatic rings. The predicted molar refractivity (Wildman–Crippen MR) is 119 cm³/mol. The lowest BCUT2D eigenvalue weighted by Gasteiger charge is -2.19. The van der Waals surface area contributed by atoms with Crippen LogP contribution in [0.25, 0.3) is 0 Å². The molecule has 1 atom stereocenters. The zero-order valence-corrected chi connectivity index (χ0v) is 18.2. The molecule has 0 heterocycles. The predicted octanol–water partition coefficient (Wildman–Crippen LogP) is 4.20. The van der Waals surface area contributed by atoms with Crippen molar-refractivity contribution in [2.75, 3.05) is 0 Å². The number of carbonyl (C=O) groups excluding carboxylic acids is 1. The summed E-state index contributed by atoms with van der Waals surface area (Å²) in [6.45, 7) is 0.187. The molecule has 0 radical (unpaired) electrons. The van der Waals surface area contributed by atoms with Gasteiger partial charge in [0.15, 0.2) is 0 Å². The molecule has 5 nitrogen and oxygen atoms in total. The van der Waals surface area contributed by atoms with Crippen LogP contribution in [0.3, 0.4) is 0 Å². The number of hydrogen-bond donors (Lipinski definition) is 2. The van der Waals surface area contributed by atoms with Crippen molar-refractivity contribution in [3.05, 3.63) is 100 Å². The van der Waals surface area contributed by atoms with Gasteiger partial charge in [-0.25, -0.2) is 8.42 Å². The molecule has 2 N–H and O–H groups in total. The minimum absolute atomic E-state index is 0.0314. The third kappa shape index (κ3) is 6.06. The van der Waals surface area contributed by atoms with Crippen LogP contribution in [0.1, 0.15) is 11.1 Å². The van der Waals surface area contributed by atoms with Gasteiger partial charge in [-0.05, 0) is 47.9 Å². The first-order valence-electron chi connectivity index (χ1n) is 9.18. The summed E-state index contributed by atoms with van der Waals surface area (Å²) in [5.41, 5.74) is 1.57. The van der Waals surface area contributed by atoms with Crippen molar-refractivity contribution >= 4 is 39.1 Å². The molecule has 0 aliphatic carbocycles. The summed E-state index contributed by atoms with van der Waals surface area (Å²) < 4.78 is 28.2. The number of hydrogen-bond acceptors (Lipinski definition) is 3. The number of carbonyl (C=O) groups is 1. The third-order valence-electron chi connectivity index (χ3n) is 4.43. The summed E-state index contributed by atoms with van der Waals surface area (Å²) in [5.74, 6) is -0.448. The van der Waals surface area contributed by atoms with Gasteiger partial charge in [-0.2, -0.15) is 4.72 Å². The first-order chi connectivity index (χ1) is 14.3. The average Bonchev–Trinajstić information content (AvgIpc) is 2.73. The van der Waals surface area contributed by atoms with Crippen LogP contribution in [0.5, 0.6) is 0 Å². The molecular weight excluding hydrogens is 443 g/mol. The van der Waals surface area contributed by atoms with Crippen LogP contribution in [0.2, 0.25) is 10.0 Å². The highest BCUT2D eigenvalue weighted by atomic mass is 35.5. The topological polar surface area (TPSA) is 75.3 Å². The Balaban J connectivity index is 1.79. The van der Waals surface area contributed by atoms with Gasteiger partial charge >= 0.3 is 0 Å². The standard InChI is InChI=1S/C22H20Cl2N2O3S/c23-18-10-12-19(13-11-18)30(28,29)26-21(14-16-6-2-1-3-7-16)22(27)25-15-17-8-4-5-9-20(17)24/h1-13,21,26H,14-15H2,(H,25,27)/t21-/m1/s1. The minimum atomic E-state index is -3.93. The number of halogens is 2. The molecule has 0 fully saturated rings. The van der Waals surface area contributed by atoms with Crippen LogP contribution in [-0.2, 0) is 27.8 Å². The molecule has 1 amide bonds. The summed E-state index contributed by atoms with van der Waals surface area (Å²) in [7, 11) is -3.93. The van der Waals surface area contributed by atoms with Crippen molar-refractivity contribution in [2.24, 2.45) is 0 Å². The van der Waals surface area contributed by atoms with Crippen molar-refractivity contribution in [3.63, 3.8) is 0 Å². The van der Waals surface area contributed by atoms with E-state index in [1.54, 1.807) is 18.2 Å². The molecule has 0 aromatic heterocycles. The molecule has 0 unspecified atom stereocenters. The molecule has 30 heavy (non-hydrogen) atoms. The van der Waals surface area contributed by atoms with Gasteiger partial charge in [0.25, 0.3) is 0 Å². The van der Waals surface area contributed by atoms with Crippen LogP contribution in [-0.4, -0.2) is 20.4 Å². The van der Waals surface area contributed by atoms with E-state index in [1.807, 2.05) is 36.4 Å². The Morgan fingerprint density at radius 2 is 1.50 bits per heavy atom. The van der Waals surface area contributed by atoms with E-state index in [9.17, 15) is 13.2 Å². The van der Waals surface area contributed by atoms with E-state index < -0.39 is 22.0 Å². The van der Waals surface area contributed by atoms with Crippen molar-refractivity contribution in [2.45, 2.75) is 23.9 Å². The van der Waals surface area contributed by atoms with Gasteiger partial charge in [0.05, 0.1) is 4.90 Å². The Morgan fingerprint density at radius 3 is 2.17 bits per heavy atom. The Morgan fingerprint density at radius 1 is 0.867 bits per heavy atom. The second kappa shape index (κ2) is 10.1. The van der Waals surface area contributed by atoms with Crippen LogP contribution in [0, 0.1) is 0 Å². The third-order valence-corrected chi connectivity index (χ3v) is 6.54. The van der Waals surface area contributed by atoms with Crippen molar-refractivity contribution in [3.8, 4) is 0 Å². The Labute approximate surface area is 186 Å². The molecule has 0 saturated carbocycles. The minimum Gasteiger partial charge on any atom is -0.351 e. The van der Waals surface area contributed by atoms with Crippen molar-refractivity contribution in [1.29, 1.82) is 0 Å². The number of benzene rings is 3. The van der Waals surface area contributed by atoms with Crippen LogP contribution >= 0.6 is 23.2 Å². The quantitative estimate of drug-likeness (QED) is 0.526. The zero-order valence-electron chi connectivity index (χ0n) is 15.9. The molecule has 0 saturated heterocycles. The summed E-state index contributed by atoms with van der Waals surface area (Å²) in [6, 6.07) is 21.1. The summed E-state index contributed by atoms with van der Waals surface area (Å²) in [6.07, 6.45) is 0.196. The smallest absolute Gasteiger partial charge is 0.241 e. The number of rotatable bonds is 8. The highest BCUT2D eigenvalue weighted by molar-refractivity contribution is 7.89. The van der Waals surface area contributed by atoms with Crippen molar-refractivity contribution < 1.29 is 13.2 Å². The number of sulfonamides is 1. The average molecular weight is 463 g/mol. The summed E-state index contributed by atoms with van der Waals surface area (Å²) in [4.78, 5) is 12.9. The van der Waals surface area contributed by atoms with E-state index in [2.05, 4.69) is 10.0 Å². The molecule has 0 spiro atoms. The van der Waals surface area contributed by atoms with Crippen LogP contribution < -0.4 is 10.0 Å². The second-order valence-electron chi connectivity index (χ2n) is 6.63. The first kappa shape index (κ1) is 22.3.